The topological polar surface area (TPSA) is 38.3 Å². The molecule has 0 atom stereocenters. The normalized spacial score (nSPS) is 10.2. The number of hydrogen-bond donors (Lipinski definition) is 1. The van der Waals surface area contributed by atoms with Gasteiger partial charge in [0.2, 0.25) is 0 Å². The van der Waals surface area contributed by atoms with Gasteiger partial charge in [-0.25, -0.2) is 4.39 Å². The Balaban J connectivity index is 1.73. The molecule has 4 heteroatoms. The molecular formula is C17H18FNO2. The van der Waals surface area contributed by atoms with E-state index in [1.807, 2.05) is 30.3 Å². The van der Waals surface area contributed by atoms with Gasteiger partial charge in [-0.3, -0.25) is 4.79 Å². The third-order valence-corrected chi connectivity index (χ3v) is 3.06. The molecule has 2 aromatic rings. The second-order valence-corrected chi connectivity index (χ2v) is 4.71. The highest BCUT2D eigenvalue weighted by Crippen LogP contribution is 2.11. The molecule has 1 N–H and O–H groups in total. The van der Waals surface area contributed by atoms with Gasteiger partial charge in [0.15, 0.2) is 0 Å². The number of carbonyl (C=O) groups excluding carboxylic acids is 1. The van der Waals surface area contributed by atoms with E-state index in [9.17, 15) is 9.18 Å². The third-order valence-electron chi connectivity index (χ3n) is 3.06. The summed E-state index contributed by atoms with van der Waals surface area (Å²) in [6, 6.07) is 14.3. The van der Waals surface area contributed by atoms with E-state index in [0.717, 1.165) is 5.75 Å². The summed E-state index contributed by atoms with van der Waals surface area (Å²) in [4.78, 5) is 11.9. The fraction of sp³-hybridized carbons (Fsp3) is 0.235. The van der Waals surface area contributed by atoms with Crippen LogP contribution in [0.5, 0.6) is 5.75 Å². The van der Waals surface area contributed by atoms with E-state index in [-0.39, 0.29) is 5.56 Å². The van der Waals surface area contributed by atoms with Crippen LogP contribution in [0, 0.1) is 12.7 Å². The molecule has 0 fully saturated rings. The third kappa shape index (κ3) is 4.31. The molecule has 0 aliphatic carbocycles. The van der Waals surface area contributed by atoms with Crippen molar-refractivity contribution in [3.05, 3.63) is 65.5 Å². The number of carbonyl (C=O) groups is 1. The Hall–Kier alpha value is -2.36. The van der Waals surface area contributed by atoms with E-state index in [1.165, 1.54) is 6.07 Å². The Bertz CT molecular complexity index is 599. The van der Waals surface area contributed by atoms with Gasteiger partial charge in [0.05, 0.1) is 12.2 Å². The van der Waals surface area contributed by atoms with Crippen LogP contribution in [0.2, 0.25) is 0 Å². The highest BCUT2D eigenvalue weighted by molar-refractivity contribution is 5.94. The average Bonchev–Trinajstić information content (AvgIpc) is 2.50. The molecule has 0 saturated heterocycles. The molecule has 2 aromatic carbocycles. The van der Waals surface area contributed by atoms with E-state index in [0.29, 0.717) is 25.1 Å². The minimum Gasteiger partial charge on any atom is -0.494 e. The van der Waals surface area contributed by atoms with Crippen molar-refractivity contribution >= 4 is 5.91 Å². The maximum absolute atomic E-state index is 13.8. The van der Waals surface area contributed by atoms with Gasteiger partial charge in [0.25, 0.3) is 5.91 Å². The summed E-state index contributed by atoms with van der Waals surface area (Å²) >= 11 is 0. The van der Waals surface area contributed by atoms with Gasteiger partial charge in [0.1, 0.15) is 11.6 Å². The van der Waals surface area contributed by atoms with Crippen molar-refractivity contribution in [2.75, 3.05) is 13.2 Å². The van der Waals surface area contributed by atoms with Gasteiger partial charge in [-0.15, -0.1) is 0 Å². The molecule has 0 aliphatic rings. The molecule has 0 spiro atoms. The van der Waals surface area contributed by atoms with Crippen LogP contribution in [0.3, 0.4) is 0 Å². The molecule has 1 amide bonds. The Morgan fingerprint density at radius 1 is 1.14 bits per heavy atom. The number of halogens is 1. The van der Waals surface area contributed by atoms with Crippen molar-refractivity contribution in [2.45, 2.75) is 13.3 Å². The van der Waals surface area contributed by atoms with Crippen LogP contribution < -0.4 is 10.1 Å². The number of amides is 1. The fourth-order valence-corrected chi connectivity index (χ4v) is 1.90. The zero-order chi connectivity index (χ0) is 15.1. The Morgan fingerprint density at radius 2 is 1.90 bits per heavy atom. The summed E-state index contributed by atoms with van der Waals surface area (Å²) in [5.41, 5.74) is 0.550. The van der Waals surface area contributed by atoms with Crippen molar-refractivity contribution in [2.24, 2.45) is 0 Å². The second-order valence-electron chi connectivity index (χ2n) is 4.71. The Kier molecular flexibility index (Phi) is 5.32. The van der Waals surface area contributed by atoms with E-state index in [1.54, 1.807) is 19.1 Å². The summed E-state index contributed by atoms with van der Waals surface area (Å²) in [6.45, 7) is 2.58. The largest absolute Gasteiger partial charge is 0.494 e. The average molecular weight is 287 g/mol. The van der Waals surface area contributed by atoms with Gasteiger partial charge in [-0.1, -0.05) is 30.3 Å². The van der Waals surface area contributed by atoms with Crippen LogP contribution in [0.1, 0.15) is 22.3 Å². The summed E-state index contributed by atoms with van der Waals surface area (Å²) in [5, 5.41) is 2.69. The van der Waals surface area contributed by atoms with Crippen molar-refractivity contribution < 1.29 is 13.9 Å². The summed E-state index contributed by atoms with van der Waals surface area (Å²) in [6.07, 6.45) is 0.661. The molecule has 3 nitrogen and oxygen atoms in total. The number of hydrogen-bond acceptors (Lipinski definition) is 2. The standard InChI is InChI=1S/C17H18FNO2/c1-13-7-5-10-15(16(13)18)17(20)19-11-6-12-21-14-8-3-2-4-9-14/h2-5,7-10H,6,11-12H2,1H3,(H,19,20). The SMILES string of the molecule is Cc1cccc(C(=O)NCCCOc2ccccc2)c1F. The van der Waals surface area contributed by atoms with E-state index in [2.05, 4.69) is 5.32 Å². The van der Waals surface area contributed by atoms with Gasteiger partial charge in [-0.2, -0.15) is 0 Å². The van der Waals surface area contributed by atoms with E-state index >= 15 is 0 Å². The smallest absolute Gasteiger partial charge is 0.254 e. The van der Waals surface area contributed by atoms with Crippen LogP contribution >= 0.6 is 0 Å². The fourth-order valence-electron chi connectivity index (χ4n) is 1.90. The van der Waals surface area contributed by atoms with Crippen molar-refractivity contribution in [1.29, 1.82) is 0 Å². The molecule has 0 saturated carbocycles. The van der Waals surface area contributed by atoms with Crippen molar-refractivity contribution in [3.63, 3.8) is 0 Å². The summed E-state index contributed by atoms with van der Waals surface area (Å²) < 4.78 is 19.3. The minimum absolute atomic E-state index is 0.0824. The summed E-state index contributed by atoms with van der Waals surface area (Å²) in [5.74, 6) is -0.0556. The van der Waals surface area contributed by atoms with Crippen molar-refractivity contribution in [3.8, 4) is 5.75 Å². The lowest BCUT2D eigenvalue weighted by molar-refractivity contribution is 0.0947. The number of aryl methyl sites for hydroxylation is 1. The zero-order valence-electron chi connectivity index (χ0n) is 11.9. The molecule has 0 aliphatic heterocycles. The first-order valence-electron chi connectivity index (χ1n) is 6.89. The van der Waals surface area contributed by atoms with Gasteiger partial charge >= 0.3 is 0 Å². The molecule has 21 heavy (non-hydrogen) atoms. The molecule has 0 unspecified atom stereocenters. The van der Waals surface area contributed by atoms with Gasteiger partial charge in [0, 0.05) is 6.54 Å². The van der Waals surface area contributed by atoms with Crippen LogP contribution in [0.4, 0.5) is 4.39 Å². The second kappa shape index (κ2) is 7.43. The van der Waals surface area contributed by atoms with Crippen LogP contribution in [-0.4, -0.2) is 19.1 Å². The highest BCUT2D eigenvalue weighted by Gasteiger charge is 2.12. The quantitative estimate of drug-likeness (QED) is 0.828. The first-order valence-corrected chi connectivity index (χ1v) is 6.89. The lowest BCUT2D eigenvalue weighted by atomic mass is 10.1. The number of para-hydroxylation sites is 1. The predicted molar refractivity (Wildman–Crippen MR) is 80.0 cm³/mol. The number of benzene rings is 2. The lowest BCUT2D eigenvalue weighted by Gasteiger charge is -2.08. The molecule has 0 bridgehead atoms. The maximum atomic E-state index is 13.8. The van der Waals surface area contributed by atoms with Crippen LogP contribution in [0.15, 0.2) is 48.5 Å². The molecule has 0 aromatic heterocycles. The number of nitrogens with one attached hydrogen (secondary N) is 1. The summed E-state index contributed by atoms with van der Waals surface area (Å²) in [7, 11) is 0. The first-order chi connectivity index (χ1) is 10.2. The molecule has 110 valence electrons. The van der Waals surface area contributed by atoms with Gasteiger partial charge in [-0.05, 0) is 37.1 Å². The zero-order valence-corrected chi connectivity index (χ0v) is 11.9. The van der Waals surface area contributed by atoms with Crippen molar-refractivity contribution in [1.82, 2.24) is 5.32 Å². The van der Waals surface area contributed by atoms with Gasteiger partial charge < -0.3 is 10.1 Å². The Morgan fingerprint density at radius 3 is 2.67 bits per heavy atom. The molecule has 0 radical (unpaired) electrons. The first kappa shape index (κ1) is 15.0. The highest BCUT2D eigenvalue weighted by atomic mass is 19.1. The van der Waals surface area contributed by atoms with E-state index in [4.69, 9.17) is 4.74 Å². The molecule has 2 rings (SSSR count). The Labute approximate surface area is 123 Å². The monoisotopic (exact) mass is 287 g/mol. The molecular weight excluding hydrogens is 269 g/mol. The number of rotatable bonds is 6. The minimum atomic E-state index is -0.462. The maximum Gasteiger partial charge on any atom is 0.254 e. The van der Waals surface area contributed by atoms with Crippen LogP contribution in [-0.2, 0) is 0 Å². The predicted octanol–water partition coefficient (Wildman–Crippen LogP) is 3.33. The lowest BCUT2D eigenvalue weighted by Crippen LogP contribution is -2.26. The van der Waals surface area contributed by atoms with E-state index < -0.39 is 11.7 Å². The van der Waals surface area contributed by atoms with Crippen LogP contribution in [0.25, 0.3) is 0 Å². The number of ether oxygens (including phenoxy) is 1. The molecule has 0 heterocycles.